The SMILES string of the molecule is COC(=O)NC(C(=O)N1CCCC1c1ncc(-c2ccc(-c3ccc(O)c4c3C3CCC4C3)c3c2CC2CCC32)[nH]1)C(C)C. The van der Waals surface area contributed by atoms with Gasteiger partial charge in [-0.15, -0.1) is 0 Å². The first kappa shape index (κ1) is 27.7. The van der Waals surface area contributed by atoms with Crippen LogP contribution in [0.4, 0.5) is 4.79 Å². The molecule has 6 atom stereocenters. The molecule has 2 bridgehead atoms. The molecule has 8 rings (SSSR count). The van der Waals surface area contributed by atoms with Crippen molar-refractivity contribution in [2.24, 2.45) is 11.8 Å². The van der Waals surface area contributed by atoms with E-state index in [1.807, 2.05) is 31.0 Å². The van der Waals surface area contributed by atoms with Gasteiger partial charge in [0.15, 0.2) is 0 Å². The fourth-order valence-electron chi connectivity index (χ4n) is 9.32. The van der Waals surface area contributed by atoms with Crippen LogP contribution in [0.3, 0.4) is 0 Å². The molecule has 2 aromatic carbocycles. The van der Waals surface area contributed by atoms with E-state index < -0.39 is 12.1 Å². The lowest BCUT2D eigenvalue weighted by atomic mass is 9.72. The average Bonchev–Trinajstić information content (AvgIpc) is 3.84. The number of phenols is 1. The molecule has 0 spiro atoms. The molecular weight excluding hydrogens is 552 g/mol. The number of carbonyl (C=O) groups excluding carboxylic acids is 2. The lowest BCUT2D eigenvalue weighted by Gasteiger charge is -2.32. The van der Waals surface area contributed by atoms with Crippen LogP contribution in [0, 0.1) is 11.8 Å². The minimum absolute atomic E-state index is 0.0727. The molecule has 3 aromatic rings. The number of amides is 2. The molecule has 1 saturated heterocycles. The van der Waals surface area contributed by atoms with Gasteiger partial charge in [-0.1, -0.05) is 32.0 Å². The molecule has 2 heterocycles. The number of imidazole rings is 1. The fourth-order valence-corrected chi connectivity index (χ4v) is 9.32. The summed E-state index contributed by atoms with van der Waals surface area (Å²) < 4.78 is 4.79. The van der Waals surface area contributed by atoms with Crippen LogP contribution >= 0.6 is 0 Å². The van der Waals surface area contributed by atoms with E-state index >= 15 is 0 Å². The highest BCUT2D eigenvalue weighted by molar-refractivity contribution is 5.86. The second kappa shape index (κ2) is 10.4. The summed E-state index contributed by atoms with van der Waals surface area (Å²) in [7, 11) is 1.32. The van der Waals surface area contributed by atoms with E-state index in [1.54, 1.807) is 0 Å². The van der Waals surface area contributed by atoms with Gasteiger partial charge in [-0.25, -0.2) is 9.78 Å². The van der Waals surface area contributed by atoms with Crippen LogP contribution in [-0.2, 0) is 16.0 Å². The smallest absolute Gasteiger partial charge is 0.407 e. The van der Waals surface area contributed by atoms with Crippen LogP contribution in [0.25, 0.3) is 22.4 Å². The molecule has 2 saturated carbocycles. The van der Waals surface area contributed by atoms with Gasteiger partial charge < -0.3 is 25.0 Å². The maximum Gasteiger partial charge on any atom is 0.407 e. The summed E-state index contributed by atoms with van der Waals surface area (Å²) in [4.78, 5) is 36.0. The summed E-state index contributed by atoms with van der Waals surface area (Å²) in [6.07, 6.45) is 10.3. The number of phenolic OH excluding ortho intramolecular Hbond substituents is 1. The van der Waals surface area contributed by atoms with E-state index in [2.05, 4.69) is 28.5 Å². The Morgan fingerprint density at radius 3 is 2.50 bits per heavy atom. The van der Waals surface area contributed by atoms with Gasteiger partial charge in [-0.05, 0) is 115 Å². The highest BCUT2D eigenvalue weighted by Gasteiger charge is 2.45. The van der Waals surface area contributed by atoms with Crippen molar-refractivity contribution in [2.45, 2.75) is 95.1 Å². The van der Waals surface area contributed by atoms with Crippen molar-refractivity contribution in [3.63, 3.8) is 0 Å². The predicted molar refractivity (Wildman–Crippen MR) is 167 cm³/mol. The Hall–Kier alpha value is -3.81. The Kier molecular flexibility index (Phi) is 6.54. The summed E-state index contributed by atoms with van der Waals surface area (Å²) >= 11 is 0. The molecule has 3 N–H and O–H groups in total. The molecule has 230 valence electrons. The number of aromatic amines is 1. The maximum absolute atomic E-state index is 13.7. The third-order valence-electron chi connectivity index (χ3n) is 11.5. The van der Waals surface area contributed by atoms with Gasteiger partial charge in [0, 0.05) is 17.7 Å². The van der Waals surface area contributed by atoms with Crippen LogP contribution in [0.2, 0.25) is 0 Å². The molecule has 1 aliphatic heterocycles. The van der Waals surface area contributed by atoms with Crippen LogP contribution in [0.15, 0.2) is 30.5 Å². The maximum atomic E-state index is 13.7. The number of nitrogens with one attached hydrogen (secondary N) is 2. The number of benzene rings is 2. The van der Waals surface area contributed by atoms with Gasteiger partial charge in [-0.2, -0.15) is 0 Å². The molecule has 1 aromatic heterocycles. The zero-order valence-electron chi connectivity index (χ0n) is 25.9. The minimum Gasteiger partial charge on any atom is -0.508 e. The average molecular weight is 595 g/mol. The number of carbonyl (C=O) groups is 2. The zero-order valence-corrected chi connectivity index (χ0v) is 25.9. The number of aromatic hydroxyl groups is 1. The molecular formula is C36H42N4O4. The van der Waals surface area contributed by atoms with Crippen LogP contribution < -0.4 is 5.32 Å². The number of nitrogens with zero attached hydrogens (tertiary/aromatic N) is 2. The van der Waals surface area contributed by atoms with Crippen LogP contribution in [0.1, 0.15) is 111 Å². The number of fused-ring (bicyclic) bond motifs is 8. The quantitative estimate of drug-likeness (QED) is 0.288. The van der Waals surface area contributed by atoms with Crippen molar-refractivity contribution in [1.82, 2.24) is 20.2 Å². The predicted octanol–water partition coefficient (Wildman–Crippen LogP) is 6.91. The number of methoxy groups -OCH3 is 1. The number of aromatic nitrogens is 2. The molecule has 4 aliphatic carbocycles. The number of ether oxygens (including phenoxy) is 1. The highest BCUT2D eigenvalue weighted by Crippen LogP contribution is 2.61. The summed E-state index contributed by atoms with van der Waals surface area (Å²) in [5.41, 5.74) is 10.5. The first-order valence-electron chi connectivity index (χ1n) is 16.6. The molecule has 5 aliphatic rings. The topological polar surface area (TPSA) is 108 Å². The lowest BCUT2D eigenvalue weighted by molar-refractivity contribution is -0.135. The third-order valence-corrected chi connectivity index (χ3v) is 11.5. The molecule has 44 heavy (non-hydrogen) atoms. The second-order valence-electron chi connectivity index (χ2n) is 14.1. The van der Waals surface area contributed by atoms with E-state index in [9.17, 15) is 14.7 Å². The van der Waals surface area contributed by atoms with Crippen molar-refractivity contribution < 1.29 is 19.4 Å². The monoisotopic (exact) mass is 594 g/mol. The molecule has 2 amide bonds. The number of hydrogen-bond acceptors (Lipinski definition) is 5. The number of alkyl carbamates (subject to hydrolysis) is 1. The number of rotatable bonds is 6. The van der Waals surface area contributed by atoms with Crippen molar-refractivity contribution in [2.75, 3.05) is 13.7 Å². The summed E-state index contributed by atoms with van der Waals surface area (Å²) in [6.45, 7) is 4.50. The van der Waals surface area contributed by atoms with Crippen molar-refractivity contribution in [1.29, 1.82) is 0 Å². The minimum atomic E-state index is -0.652. The number of hydrogen-bond donors (Lipinski definition) is 3. The van der Waals surface area contributed by atoms with Gasteiger partial charge in [0.2, 0.25) is 5.91 Å². The molecule has 6 unspecified atom stereocenters. The molecule has 8 nitrogen and oxygen atoms in total. The second-order valence-corrected chi connectivity index (χ2v) is 14.1. The Balaban J connectivity index is 1.13. The molecule has 3 fully saturated rings. The first-order valence-corrected chi connectivity index (χ1v) is 16.6. The van der Waals surface area contributed by atoms with Gasteiger partial charge >= 0.3 is 6.09 Å². The molecule has 8 heteroatoms. The van der Waals surface area contributed by atoms with E-state index in [-0.39, 0.29) is 17.9 Å². The van der Waals surface area contributed by atoms with E-state index in [1.165, 1.54) is 78.2 Å². The normalized spacial score (nSPS) is 26.7. The number of H-pyrrole nitrogens is 1. The largest absolute Gasteiger partial charge is 0.508 e. The van der Waals surface area contributed by atoms with E-state index in [0.717, 1.165) is 30.8 Å². The lowest BCUT2D eigenvalue weighted by Crippen LogP contribution is -2.51. The van der Waals surface area contributed by atoms with Crippen molar-refractivity contribution in [3.8, 4) is 28.1 Å². The van der Waals surface area contributed by atoms with Crippen LogP contribution in [0.5, 0.6) is 5.75 Å². The molecule has 0 radical (unpaired) electrons. The Bertz CT molecular complexity index is 1660. The summed E-state index contributed by atoms with van der Waals surface area (Å²) in [5.74, 6) is 3.50. The number of likely N-dealkylation sites (tertiary alicyclic amines) is 1. The van der Waals surface area contributed by atoms with Crippen LogP contribution in [-0.4, -0.2) is 51.7 Å². The Morgan fingerprint density at radius 1 is 1.00 bits per heavy atom. The standard InChI is InChI=1S/C36H42N4O4/c1-18(2)33(39-36(43)44-3)35(42)40-14-4-5-28(40)34-37-17-27(38-34)23-10-11-25(32-22-9-8-19(22)16-26(23)32)24-12-13-29(41)31-21-7-6-20(15-21)30(24)31/h10-13,17-22,28,33,41H,4-9,14-16H2,1-3H3,(H,37,38)(H,39,43). The third kappa shape index (κ3) is 4.12. The van der Waals surface area contributed by atoms with Gasteiger partial charge in [0.1, 0.15) is 17.6 Å². The van der Waals surface area contributed by atoms with Crippen molar-refractivity contribution in [3.05, 3.63) is 58.5 Å². The zero-order chi connectivity index (χ0) is 30.3. The first-order chi connectivity index (χ1) is 21.3. The van der Waals surface area contributed by atoms with E-state index in [4.69, 9.17) is 9.72 Å². The fraction of sp³-hybridized carbons (Fsp3) is 0.528. The van der Waals surface area contributed by atoms with Crippen molar-refractivity contribution >= 4 is 12.0 Å². The summed E-state index contributed by atoms with van der Waals surface area (Å²) in [5, 5.41) is 13.5. The Labute approximate surface area is 258 Å². The van der Waals surface area contributed by atoms with Gasteiger partial charge in [0.25, 0.3) is 0 Å². The Morgan fingerprint density at radius 2 is 1.75 bits per heavy atom. The van der Waals surface area contributed by atoms with E-state index in [0.29, 0.717) is 36.0 Å². The van der Waals surface area contributed by atoms with Gasteiger partial charge in [-0.3, -0.25) is 4.79 Å². The highest BCUT2D eigenvalue weighted by atomic mass is 16.5. The van der Waals surface area contributed by atoms with Gasteiger partial charge in [0.05, 0.1) is 25.0 Å². The summed E-state index contributed by atoms with van der Waals surface area (Å²) in [6, 6.07) is 7.90.